The first-order valence-corrected chi connectivity index (χ1v) is 13.6. The van der Waals surface area contributed by atoms with Gasteiger partial charge in [0.15, 0.2) is 0 Å². The summed E-state index contributed by atoms with van der Waals surface area (Å²) in [5, 5.41) is 5.18. The van der Waals surface area contributed by atoms with Crippen LogP contribution in [0.15, 0.2) is 60.8 Å². The summed E-state index contributed by atoms with van der Waals surface area (Å²) in [6.45, 7) is 3.59. The van der Waals surface area contributed by atoms with Gasteiger partial charge in [0.25, 0.3) is 0 Å². The first kappa shape index (κ1) is 28.6. The number of likely N-dealkylation sites (N-methyl/N-ethyl adjacent to an activating group) is 1. The van der Waals surface area contributed by atoms with E-state index in [2.05, 4.69) is 25.4 Å². The van der Waals surface area contributed by atoms with Crippen LogP contribution in [0.2, 0.25) is 0 Å². The Kier molecular flexibility index (Phi) is 8.55. The molecule has 1 aromatic heterocycles. The van der Waals surface area contributed by atoms with Crippen molar-refractivity contribution in [3.8, 4) is 11.5 Å². The Morgan fingerprint density at radius 1 is 0.927 bits per heavy atom. The molecule has 2 aliphatic rings. The number of rotatable bonds is 9. The van der Waals surface area contributed by atoms with Gasteiger partial charge in [0.2, 0.25) is 0 Å². The molecule has 41 heavy (non-hydrogen) atoms. The van der Waals surface area contributed by atoms with Crippen molar-refractivity contribution in [2.24, 2.45) is 5.92 Å². The van der Waals surface area contributed by atoms with Crippen LogP contribution in [-0.2, 0) is 23.9 Å². The Bertz CT molecular complexity index is 1380. The molecule has 5 rings (SSSR count). The van der Waals surface area contributed by atoms with Crippen LogP contribution < -0.4 is 15.4 Å². The highest BCUT2D eigenvalue weighted by Crippen LogP contribution is 2.33. The number of halogens is 3. The Morgan fingerprint density at radius 2 is 1.63 bits per heavy atom. The molecule has 8 nitrogen and oxygen atoms in total. The average molecular weight is 568 g/mol. The van der Waals surface area contributed by atoms with Crippen LogP contribution in [-0.4, -0.2) is 59.8 Å². The minimum Gasteiger partial charge on any atom is -0.457 e. The van der Waals surface area contributed by atoms with Gasteiger partial charge in [0.05, 0.1) is 11.3 Å². The first-order chi connectivity index (χ1) is 19.6. The van der Waals surface area contributed by atoms with Gasteiger partial charge in [0.1, 0.15) is 17.3 Å². The molecule has 11 heteroatoms. The Labute approximate surface area is 236 Å². The van der Waals surface area contributed by atoms with E-state index in [1.54, 1.807) is 48.7 Å². The van der Waals surface area contributed by atoms with E-state index in [9.17, 15) is 22.8 Å². The van der Waals surface area contributed by atoms with Crippen molar-refractivity contribution >= 4 is 23.2 Å². The van der Waals surface area contributed by atoms with Crippen LogP contribution >= 0.6 is 0 Å². The van der Waals surface area contributed by atoms with E-state index in [1.165, 1.54) is 0 Å². The van der Waals surface area contributed by atoms with Crippen molar-refractivity contribution in [2.45, 2.75) is 32.0 Å². The number of ketones is 1. The predicted molar refractivity (Wildman–Crippen MR) is 149 cm³/mol. The van der Waals surface area contributed by atoms with E-state index in [0.29, 0.717) is 35.0 Å². The number of alkyl halides is 3. The molecule has 0 unspecified atom stereocenters. The van der Waals surface area contributed by atoms with E-state index in [4.69, 9.17) is 4.74 Å². The van der Waals surface area contributed by atoms with Crippen molar-refractivity contribution in [1.29, 1.82) is 0 Å². The normalized spacial score (nSPS) is 16.3. The lowest BCUT2D eigenvalue weighted by Crippen LogP contribution is -2.43. The summed E-state index contributed by atoms with van der Waals surface area (Å²) in [4.78, 5) is 33.2. The van der Waals surface area contributed by atoms with Gasteiger partial charge in [-0.15, -0.1) is 0 Å². The highest BCUT2D eigenvalue weighted by atomic mass is 19.4. The monoisotopic (exact) mass is 567 g/mol. The molecule has 0 spiro atoms. The van der Waals surface area contributed by atoms with Gasteiger partial charge in [-0.1, -0.05) is 0 Å². The number of hydrogen-bond acceptors (Lipinski definition) is 6. The van der Waals surface area contributed by atoms with Gasteiger partial charge in [-0.3, -0.25) is 14.7 Å². The molecule has 1 saturated carbocycles. The van der Waals surface area contributed by atoms with Gasteiger partial charge in [0, 0.05) is 68.7 Å². The average Bonchev–Trinajstić information content (AvgIpc) is 3.77. The molecular formula is C30H32F3N5O3. The molecule has 2 aromatic carbocycles. The quantitative estimate of drug-likeness (QED) is 0.340. The number of benzene rings is 2. The van der Waals surface area contributed by atoms with Gasteiger partial charge >= 0.3 is 12.2 Å². The third-order valence-corrected chi connectivity index (χ3v) is 7.10. The van der Waals surface area contributed by atoms with Crippen LogP contribution in [0.25, 0.3) is 0 Å². The van der Waals surface area contributed by atoms with E-state index in [0.717, 1.165) is 51.2 Å². The Hall–Kier alpha value is -3.96. The fourth-order valence-corrected chi connectivity index (χ4v) is 4.66. The molecule has 0 radical (unpaired) electrons. The number of Topliss-reactive ketones (excluding diaryl/α,β-unsaturated/α-hetero) is 1. The zero-order chi connectivity index (χ0) is 29.0. The molecule has 2 heterocycles. The standard InChI is InChI=1S/C30H32F3N5O3/c1-37-10-12-38(13-11-37)19-20-14-22(30(31,32)33)16-25(15-20)36-29(40)35-23-4-6-26(7-5-23)41-27-8-9-34-24(17-27)18-28(39)21-2-3-21/h4-9,14-17,21H,2-3,10-13,18-19H2,1H3,(H2,35,36,40). The number of pyridine rings is 1. The maximum Gasteiger partial charge on any atom is 0.416 e. The SMILES string of the molecule is CN1CCN(Cc2cc(NC(=O)Nc3ccc(Oc4ccnc(CC(=O)C5CC5)c4)cc3)cc(C(F)(F)F)c2)CC1. The minimum atomic E-state index is -4.54. The molecule has 2 N–H and O–H groups in total. The maximum atomic E-state index is 13.6. The van der Waals surface area contributed by atoms with Crippen molar-refractivity contribution < 1.29 is 27.5 Å². The van der Waals surface area contributed by atoms with E-state index in [-0.39, 0.29) is 23.8 Å². The second-order valence-electron chi connectivity index (χ2n) is 10.6. The summed E-state index contributed by atoms with van der Waals surface area (Å²) in [6, 6.07) is 13.0. The largest absolute Gasteiger partial charge is 0.457 e. The third-order valence-electron chi connectivity index (χ3n) is 7.10. The van der Waals surface area contributed by atoms with Gasteiger partial charge in [-0.25, -0.2) is 4.79 Å². The molecule has 1 saturated heterocycles. The molecule has 3 aromatic rings. The van der Waals surface area contributed by atoms with Crippen molar-refractivity contribution in [1.82, 2.24) is 14.8 Å². The van der Waals surface area contributed by atoms with E-state index in [1.807, 2.05) is 7.05 Å². The second kappa shape index (κ2) is 12.3. The number of urea groups is 1. The van der Waals surface area contributed by atoms with Crippen LogP contribution in [0.1, 0.15) is 29.7 Å². The van der Waals surface area contributed by atoms with Crippen LogP contribution in [0.5, 0.6) is 11.5 Å². The third kappa shape index (κ3) is 8.27. The van der Waals surface area contributed by atoms with Crippen LogP contribution in [0.4, 0.5) is 29.3 Å². The van der Waals surface area contributed by atoms with Crippen molar-refractivity contribution in [3.05, 3.63) is 77.6 Å². The zero-order valence-corrected chi connectivity index (χ0v) is 22.7. The van der Waals surface area contributed by atoms with Crippen molar-refractivity contribution in [3.63, 3.8) is 0 Å². The minimum absolute atomic E-state index is 0.0649. The van der Waals surface area contributed by atoms with Gasteiger partial charge < -0.3 is 20.3 Å². The summed E-state index contributed by atoms with van der Waals surface area (Å²) in [5.41, 5.74) is 0.824. The Balaban J connectivity index is 1.19. The highest BCUT2D eigenvalue weighted by molar-refractivity contribution is 5.99. The predicted octanol–water partition coefficient (Wildman–Crippen LogP) is 5.81. The molecule has 0 atom stereocenters. The Morgan fingerprint density at radius 3 is 2.32 bits per heavy atom. The number of anilines is 2. The maximum absolute atomic E-state index is 13.6. The topological polar surface area (TPSA) is 86.8 Å². The number of hydrogen-bond donors (Lipinski definition) is 2. The number of carbonyl (C=O) groups excluding carboxylic acids is 2. The van der Waals surface area contributed by atoms with Crippen molar-refractivity contribution in [2.75, 3.05) is 43.9 Å². The first-order valence-electron chi connectivity index (χ1n) is 13.6. The number of nitrogens with one attached hydrogen (secondary N) is 2. The lowest BCUT2D eigenvalue weighted by molar-refractivity contribution is -0.137. The number of aromatic nitrogens is 1. The molecule has 1 aliphatic carbocycles. The molecule has 2 amide bonds. The fraction of sp³-hybridized carbons (Fsp3) is 0.367. The number of ether oxygens (including phenoxy) is 1. The van der Waals surface area contributed by atoms with Gasteiger partial charge in [-0.05, 0) is 74.0 Å². The highest BCUT2D eigenvalue weighted by Gasteiger charge is 2.32. The number of carbonyl (C=O) groups is 2. The molecule has 216 valence electrons. The summed E-state index contributed by atoms with van der Waals surface area (Å²) in [5.74, 6) is 1.40. The fourth-order valence-electron chi connectivity index (χ4n) is 4.66. The summed E-state index contributed by atoms with van der Waals surface area (Å²) in [6.07, 6.45) is -0.766. The molecular weight excluding hydrogens is 535 g/mol. The summed E-state index contributed by atoms with van der Waals surface area (Å²) >= 11 is 0. The van der Waals surface area contributed by atoms with E-state index < -0.39 is 17.8 Å². The second-order valence-corrected chi connectivity index (χ2v) is 10.6. The summed E-state index contributed by atoms with van der Waals surface area (Å²) < 4.78 is 46.6. The van der Waals surface area contributed by atoms with Crippen LogP contribution in [0, 0.1) is 5.92 Å². The van der Waals surface area contributed by atoms with Crippen LogP contribution in [0.3, 0.4) is 0 Å². The zero-order valence-electron chi connectivity index (χ0n) is 22.7. The van der Waals surface area contributed by atoms with Gasteiger partial charge in [-0.2, -0.15) is 13.2 Å². The lowest BCUT2D eigenvalue weighted by Gasteiger charge is -2.32. The summed E-state index contributed by atoms with van der Waals surface area (Å²) in [7, 11) is 2.01. The number of piperazine rings is 1. The molecule has 0 bridgehead atoms. The lowest BCUT2D eigenvalue weighted by atomic mass is 10.1. The number of amides is 2. The number of nitrogens with zero attached hydrogens (tertiary/aromatic N) is 3. The van der Waals surface area contributed by atoms with E-state index >= 15 is 0 Å². The molecule has 2 fully saturated rings. The smallest absolute Gasteiger partial charge is 0.416 e. The molecule has 1 aliphatic heterocycles.